The van der Waals surface area contributed by atoms with Crippen LogP contribution >= 0.6 is 0 Å². The Balaban J connectivity index is 1.52. The number of carbonyl (C=O) groups is 1. The van der Waals surface area contributed by atoms with Gasteiger partial charge in [-0.2, -0.15) is 0 Å². The Hall–Kier alpha value is -4.26. The van der Waals surface area contributed by atoms with E-state index in [0.29, 0.717) is 24.3 Å². The Labute approximate surface area is 185 Å². The summed E-state index contributed by atoms with van der Waals surface area (Å²) in [5.74, 6) is -0.397. The molecule has 0 radical (unpaired) electrons. The number of nitro groups is 1. The number of carbonyl (C=O) groups excluding carboxylic acids is 1. The van der Waals surface area contributed by atoms with Gasteiger partial charge in [-0.3, -0.25) is 19.9 Å². The van der Waals surface area contributed by atoms with E-state index in [1.54, 1.807) is 30.3 Å². The molecule has 1 aromatic heterocycles. The van der Waals surface area contributed by atoms with Gasteiger partial charge >= 0.3 is 0 Å². The van der Waals surface area contributed by atoms with Crippen LogP contribution in [0.2, 0.25) is 0 Å². The zero-order valence-electron chi connectivity index (χ0n) is 17.6. The maximum atomic E-state index is 12.8. The van der Waals surface area contributed by atoms with Gasteiger partial charge in [0.05, 0.1) is 4.92 Å². The third-order valence-corrected chi connectivity index (χ3v) is 5.28. The molecule has 7 nitrogen and oxygen atoms in total. The SMILES string of the molecule is CN(CCc1ccccn1)c1ccc(C(=O)Nc2ccc3ccccc3c2)cc1[N+](=O)[O-]. The molecule has 0 aliphatic heterocycles. The highest BCUT2D eigenvalue weighted by Gasteiger charge is 2.20. The zero-order chi connectivity index (χ0) is 22.5. The van der Waals surface area contributed by atoms with Crippen molar-refractivity contribution in [1.29, 1.82) is 0 Å². The number of anilines is 2. The molecule has 0 saturated carbocycles. The molecule has 1 N–H and O–H groups in total. The Morgan fingerprint density at radius 2 is 1.78 bits per heavy atom. The molecule has 0 bridgehead atoms. The summed E-state index contributed by atoms with van der Waals surface area (Å²) in [6, 6.07) is 23.7. The number of hydrogen-bond acceptors (Lipinski definition) is 5. The number of nitrogens with zero attached hydrogens (tertiary/aromatic N) is 3. The van der Waals surface area contributed by atoms with Crippen LogP contribution in [-0.4, -0.2) is 29.4 Å². The molecular formula is C25H22N4O3. The van der Waals surface area contributed by atoms with Crippen molar-refractivity contribution in [2.75, 3.05) is 23.8 Å². The molecule has 7 heteroatoms. The maximum Gasteiger partial charge on any atom is 0.293 e. The third kappa shape index (κ3) is 4.73. The molecule has 0 aliphatic carbocycles. The molecule has 3 aromatic carbocycles. The van der Waals surface area contributed by atoms with Crippen LogP contribution in [0.3, 0.4) is 0 Å². The number of benzene rings is 3. The van der Waals surface area contributed by atoms with Gasteiger partial charge in [-0.05, 0) is 47.2 Å². The highest BCUT2D eigenvalue weighted by molar-refractivity contribution is 6.06. The zero-order valence-corrected chi connectivity index (χ0v) is 17.6. The van der Waals surface area contributed by atoms with Crippen LogP contribution < -0.4 is 10.2 Å². The van der Waals surface area contributed by atoms with Gasteiger partial charge < -0.3 is 10.2 Å². The van der Waals surface area contributed by atoms with E-state index in [4.69, 9.17) is 0 Å². The van der Waals surface area contributed by atoms with Crippen LogP contribution in [0, 0.1) is 10.1 Å². The van der Waals surface area contributed by atoms with Gasteiger partial charge in [0.1, 0.15) is 5.69 Å². The summed E-state index contributed by atoms with van der Waals surface area (Å²) < 4.78 is 0. The molecule has 0 saturated heterocycles. The van der Waals surface area contributed by atoms with Crippen molar-refractivity contribution in [3.05, 3.63) is 106 Å². The van der Waals surface area contributed by atoms with Gasteiger partial charge in [-0.1, -0.05) is 36.4 Å². The van der Waals surface area contributed by atoms with Crippen molar-refractivity contribution in [3.63, 3.8) is 0 Å². The lowest BCUT2D eigenvalue weighted by Gasteiger charge is -2.19. The highest BCUT2D eigenvalue weighted by Crippen LogP contribution is 2.29. The fourth-order valence-corrected chi connectivity index (χ4v) is 3.55. The predicted octanol–water partition coefficient (Wildman–Crippen LogP) is 5.07. The van der Waals surface area contributed by atoms with Gasteiger partial charge in [0.15, 0.2) is 0 Å². The van der Waals surface area contributed by atoms with E-state index >= 15 is 0 Å². The normalized spacial score (nSPS) is 10.7. The number of amides is 1. The van der Waals surface area contributed by atoms with Crippen molar-refractivity contribution in [2.24, 2.45) is 0 Å². The maximum absolute atomic E-state index is 12.8. The topological polar surface area (TPSA) is 88.4 Å². The van der Waals surface area contributed by atoms with E-state index in [1.165, 1.54) is 6.07 Å². The molecular weight excluding hydrogens is 404 g/mol. The average Bonchev–Trinajstić information content (AvgIpc) is 2.82. The van der Waals surface area contributed by atoms with E-state index in [2.05, 4.69) is 10.3 Å². The Bertz CT molecular complexity index is 1270. The molecule has 0 fully saturated rings. The smallest absolute Gasteiger partial charge is 0.293 e. The van der Waals surface area contributed by atoms with E-state index in [-0.39, 0.29) is 11.3 Å². The summed E-state index contributed by atoms with van der Waals surface area (Å²) in [4.78, 5) is 30.1. The van der Waals surface area contributed by atoms with Crippen LogP contribution in [0.5, 0.6) is 0 Å². The molecule has 160 valence electrons. The number of aromatic nitrogens is 1. The minimum atomic E-state index is -0.459. The van der Waals surface area contributed by atoms with Gasteiger partial charge in [0.25, 0.3) is 11.6 Å². The highest BCUT2D eigenvalue weighted by atomic mass is 16.6. The number of rotatable bonds is 7. The molecule has 1 heterocycles. The first kappa shape index (κ1) is 21.0. The van der Waals surface area contributed by atoms with Crippen LogP contribution in [0.4, 0.5) is 17.1 Å². The lowest BCUT2D eigenvalue weighted by Crippen LogP contribution is -2.22. The summed E-state index contributed by atoms with van der Waals surface area (Å²) in [6.45, 7) is 0.556. The summed E-state index contributed by atoms with van der Waals surface area (Å²) in [7, 11) is 1.79. The van der Waals surface area contributed by atoms with E-state index in [0.717, 1.165) is 16.5 Å². The lowest BCUT2D eigenvalue weighted by atomic mass is 10.1. The average molecular weight is 426 g/mol. The second-order valence-electron chi connectivity index (χ2n) is 7.47. The minimum Gasteiger partial charge on any atom is -0.369 e. The number of hydrogen-bond donors (Lipinski definition) is 1. The Morgan fingerprint density at radius 1 is 1.00 bits per heavy atom. The largest absolute Gasteiger partial charge is 0.369 e. The standard InChI is InChI=1S/C25H22N4O3/c1-28(15-13-21-8-4-5-14-26-21)23-12-10-20(17-24(23)29(31)32)25(30)27-22-11-9-18-6-2-3-7-19(18)16-22/h2-12,14,16-17H,13,15H2,1H3,(H,27,30). The molecule has 0 atom stereocenters. The van der Waals surface area contributed by atoms with Crippen molar-refractivity contribution >= 4 is 33.7 Å². The Kier molecular flexibility index (Phi) is 6.07. The summed E-state index contributed by atoms with van der Waals surface area (Å²) in [6.07, 6.45) is 2.37. The monoisotopic (exact) mass is 426 g/mol. The fourth-order valence-electron chi connectivity index (χ4n) is 3.55. The van der Waals surface area contributed by atoms with E-state index < -0.39 is 10.8 Å². The predicted molar refractivity (Wildman–Crippen MR) is 126 cm³/mol. The van der Waals surface area contributed by atoms with Crippen molar-refractivity contribution in [1.82, 2.24) is 4.98 Å². The van der Waals surface area contributed by atoms with Crippen LogP contribution in [-0.2, 0) is 6.42 Å². The molecule has 1 amide bonds. The second kappa shape index (κ2) is 9.26. The quantitative estimate of drug-likeness (QED) is 0.329. The van der Waals surface area contributed by atoms with Crippen molar-refractivity contribution in [3.8, 4) is 0 Å². The van der Waals surface area contributed by atoms with Crippen LogP contribution in [0.1, 0.15) is 16.1 Å². The number of pyridine rings is 1. The molecule has 4 aromatic rings. The fraction of sp³-hybridized carbons (Fsp3) is 0.120. The molecule has 0 aliphatic rings. The minimum absolute atomic E-state index is 0.111. The first-order valence-electron chi connectivity index (χ1n) is 10.2. The van der Waals surface area contributed by atoms with Gasteiger partial charge in [0.2, 0.25) is 0 Å². The molecule has 0 spiro atoms. The van der Waals surface area contributed by atoms with E-state index in [1.807, 2.05) is 60.7 Å². The summed E-state index contributed by atoms with van der Waals surface area (Å²) >= 11 is 0. The van der Waals surface area contributed by atoms with Crippen molar-refractivity contribution in [2.45, 2.75) is 6.42 Å². The van der Waals surface area contributed by atoms with Crippen LogP contribution in [0.15, 0.2) is 85.1 Å². The lowest BCUT2D eigenvalue weighted by molar-refractivity contribution is -0.384. The molecule has 0 unspecified atom stereocenters. The van der Waals surface area contributed by atoms with Gasteiger partial charge in [-0.15, -0.1) is 0 Å². The van der Waals surface area contributed by atoms with E-state index in [9.17, 15) is 14.9 Å². The van der Waals surface area contributed by atoms with Crippen LogP contribution in [0.25, 0.3) is 10.8 Å². The van der Waals surface area contributed by atoms with Gasteiger partial charge in [0, 0.05) is 49.2 Å². The Morgan fingerprint density at radius 3 is 2.53 bits per heavy atom. The molecule has 4 rings (SSSR count). The first-order valence-corrected chi connectivity index (χ1v) is 10.2. The van der Waals surface area contributed by atoms with Gasteiger partial charge in [-0.25, -0.2) is 0 Å². The van der Waals surface area contributed by atoms with Crippen molar-refractivity contribution < 1.29 is 9.72 Å². The number of likely N-dealkylation sites (N-methyl/N-ethyl adjacent to an activating group) is 1. The first-order chi connectivity index (χ1) is 15.5. The second-order valence-corrected chi connectivity index (χ2v) is 7.47. The number of fused-ring (bicyclic) bond motifs is 1. The number of nitrogens with one attached hydrogen (secondary N) is 1. The summed E-state index contributed by atoms with van der Waals surface area (Å²) in [5, 5.41) is 16.6. The summed E-state index contributed by atoms with van der Waals surface area (Å²) in [5.41, 5.74) is 2.11. The number of nitro benzene ring substituents is 1. The molecule has 32 heavy (non-hydrogen) atoms. The third-order valence-electron chi connectivity index (χ3n) is 5.28.